The Morgan fingerprint density at radius 2 is 1.88 bits per heavy atom. The van der Waals surface area contributed by atoms with Gasteiger partial charge in [-0.15, -0.1) is 0 Å². The summed E-state index contributed by atoms with van der Waals surface area (Å²) in [6.07, 6.45) is 2.55. The van der Waals surface area contributed by atoms with E-state index >= 15 is 0 Å². The Labute approximate surface area is 142 Å². The Balaban J connectivity index is 1.64. The molecular formula is C18H23N5O. The summed E-state index contributed by atoms with van der Waals surface area (Å²) in [5.74, 6) is 1.50. The van der Waals surface area contributed by atoms with Gasteiger partial charge in [0, 0.05) is 38.8 Å². The molecule has 6 heteroatoms. The molecule has 0 radical (unpaired) electrons. The monoisotopic (exact) mass is 325 g/mol. The van der Waals surface area contributed by atoms with E-state index in [2.05, 4.69) is 26.9 Å². The van der Waals surface area contributed by atoms with Crippen molar-refractivity contribution in [2.75, 3.05) is 31.1 Å². The molecule has 2 aromatic rings. The van der Waals surface area contributed by atoms with Gasteiger partial charge in [-0.2, -0.15) is 0 Å². The van der Waals surface area contributed by atoms with Crippen molar-refractivity contribution in [2.45, 2.75) is 19.4 Å². The van der Waals surface area contributed by atoms with Crippen molar-refractivity contribution in [3.8, 4) is 0 Å². The first-order chi connectivity index (χ1) is 11.6. The summed E-state index contributed by atoms with van der Waals surface area (Å²) < 4.78 is 0. The first-order valence-corrected chi connectivity index (χ1v) is 8.27. The number of carbonyl (C=O) groups is 1. The second kappa shape index (κ2) is 7.40. The number of primary amides is 1. The van der Waals surface area contributed by atoms with Gasteiger partial charge >= 0.3 is 0 Å². The zero-order chi connectivity index (χ0) is 16.9. The third-order valence-corrected chi connectivity index (χ3v) is 4.49. The van der Waals surface area contributed by atoms with Crippen LogP contribution < -0.4 is 10.6 Å². The van der Waals surface area contributed by atoms with Crippen molar-refractivity contribution in [2.24, 2.45) is 5.73 Å². The van der Waals surface area contributed by atoms with E-state index in [1.807, 2.05) is 37.4 Å². The van der Waals surface area contributed by atoms with Crippen LogP contribution in [0.5, 0.6) is 0 Å². The van der Waals surface area contributed by atoms with Gasteiger partial charge in [-0.1, -0.05) is 30.3 Å². The van der Waals surface area contributed by atoms with Gasteiger partial charge in [-0.25, -0.2) is 9.97 Å². The second-order valence-corrected chi connectivity index (χ2v) is 6.09. The largest absolute Gasteiger partial charge is 0.368 e. The van der Waals surface area contributed by atoms with Gasteiger partial charge in [-0.3, -0.25) is 9.69 Å². The number of nitrogens with two attached hydrogens (primary N) is 1. The molecule has 1 saturated heterocycles. The van der Waals surface area contributed by atoms with Gasteiger partial charge in [-0.05, 0) is 18.6 Å². The zero-order valence-electron chi connectivity index (χ0n) is 13.9. The van der Waals surface area contributed by atoms with Crippen LogP contribution in [0.25, 0.3) is 0 Å². The fourth-order valence-electron chi connectivity index (χ4n) is 2.95. The molecule has 24 heavy (non-hydrogen) atoms. The lowest BCUT2D eigenvalue weighted by Gasteiger charge is -2.37. The summed E-state index contributed by atoms with van der Waals surface area (Å²) in [4.78, 5) is 24.8. The zero-order valence-corrected chi connectivity index (χ0v) is 13.9. The van der Waals surface area contributed by atoms with Crippen LogP contribution in [-0.2, 0) is 11.2 Å². The number of hydrogen-bond acceptors (Lipinski definition) is 5. The van der Waals surface area contributed by atoms with E-state index in [9.17, 15) is 4.79 Å². The van der Waals surface area contributed by atoms with Crippen LogP contribution in [0, 0.1) is 0 Å². The molecule has 1 aromatic carbocycles. The summed E-state index contributed by atoms with van der Waals surface area (Å²) in [7, 11) is 0. The number of amides is 1. The molecule has 2 N–H and O–H groups in total. The number of anilines is 1. The highest BCUT2D eigenvalue weighted by Crippen LogP contribution is 2.15. The molecule has 1 fully saturated rings. The standard InChI is InChI=1S/C18H23N5O/c1-14(18(19)24)22-9-11-23(12-10-22)17-7-8-20-16(21-17)13-15-5-3-2-4-6-15/h2-8,14H,9-13H2,1H3,(H2,19,24). The summed E-state index contributed by atoms with van der Waals surface area (Å²) in [5.41, 5.74) is 6.59. The number of rotatable bonds is 5. The first-order valence-electron chi connectivity index (χ1n) is 8.27. The summed E-state index contributed by atoms with van der Waals surface area (Å²) >= 11 is 0. The van der Waals surface area contributed by atoms with Gasteiger partial charge in [0.05, 0.1) is 6.04 Å². The number of carbonyl (C=O) groups excluding carboxylic acids is 1. The minimum atomic E-state index is -0.268. The van der Waals surface area contributed by atoms with Gasteiger partial charge in [0.15, 0.2) is 0 Å². The lowest BCUT2D eigenvalue weighted by molar-refractivity contribution is -0.122. The number of nitrogens with zero attached hydrogens (tertiary/aromatic N) is 4. The highest BCUT2D eigenvalue weighted by Gasteiger charge is 2.24. The maximum Gasteiger partial charge on any atom is 0.234 e. The Kier molecular flexibility index (Phi) is 5.05. The topological polar surface area (TPSA) is 75.4 Å². The van der Waals surface area contributed by atoms with Gasteiger partial charge in [0.25, 0.3) is 0 Å². The fraction of sp³-hybridized carbons (Fsp3) is 0.389. The molecule has 126 valence electrons. The molecule has 3 rings (SSSR count). The highest BCUT2D eigenvalue weighted by molar-refractivity contribution is 5.79. The normalized spacial score (nSPS) is 16.8. The van der Waals surface area contributed by atoms with Crippen LogP contribution in [0.3, 0.4) is 0 Å². The Morgan fingerprint density at radius 3 is 2.54 bits per heavy atom. The average Bonchev–Trinajstić information content (AvgIpc) is 2.62. The molecular weight excluding hydrogens is 302 g/mol. The van der Waals surface area contributed by atoms with Gasteiger partial charge < -0.3 is 10.6 Å². The SMILES string of the molecule is CC(C(N)=O)N1CCN(c2ccnc(Cc3ccccc3)n2)CC1. The third kappa shape index (κ3) is 3.89. The van der Waals surface area contributed by atoms with E-state index in [1.54, 1.807) is 0 Å². The smallest absolute Gasteiger partial charge is 0.234 e. The van der Waals surface area contributed by atoms with Crippen LogP contribution >= 0.6 is 0 Å². The number of piperazine rings is 1. The van der Waals surface area contributed by atoms with Crippen LogP contribution in [0.15, 0.2) is 42.6 Å². The van der Waals surface area contributed by atoms with Crippen molar-refractivity contribution in [3.05, 3.63) is 54.0 Å². The van der Waals surface area contributed by atoms with Crippen molar-refractivity contribution >= 4 is 11.7 Å². The molecule has 6 nitrogen and oxygen atoms in total. The quantitative estimate of drug-likeness (QED) is 0.890. The van der Waals surface area contributed by atoms with Gasteiger partial charge in [0.2, 0.25) is 5.91 Å². The minimum Gasteiger partial charge on any atom is -0.368 e. The number of benzene rings is 1. The van der Waals surface area contributed by atoms with Crippen molar-refractivity contribution < 1.29 is 4.79 Å². The van der Waals surface area contributed by atoms with Crippen molar-refractivity contribution in [3.63, 3.8) is 0 Å². The maximum absolute atomic E-state index is 11.3. The predicted molar refractivity (Wildman–Crippen MR) is 93.7 cm³/mol. The molecule has 1 aliphatic rings. The van der Waals surface area contributed by atoms with E-state index in [1.165, 1.54) is 5.56 Å². The Morgan fingerprint density at radius 1 is 1.17 bits per heavy atom. The molecule has 0 saturated carbocycles. The van der Waals surface area contributed by atoms with Crippen LogP contribution in [-0.4, -0.2) is 53.0 Å². The molecule has 1 amide bonds. The summed E-state index contributed by atoms with van der Waals surface area (Å²) in [5, 5.41) is 0. The van der Waals surface area contributed by atoms with Crippen molar-refractivity contribution in [1.82, 2.24) is 14.9 Å². The van der Waals surface area contributed by atoms with Crippen LogP contribution in [0.2, 0.25) is 0 Å². The van der Waals surface area contributed by atoms with E-state index in [0.29, 0.717) is 0 Å². The summed E-state index contributed by atoms with van der Waals surface area (Å²) in [6.45, 7) is 5.14. The average molecular weight is 325 g/mol. The van der Waals surface area contributed by atoms with Crippen molar-refractivity contribution in [1.29, 1.82) is 0 Å². The molecule has 1 unspecified atom stereocenters. The maximum atomic E-state index is 11.3. The number of aromatic nitrogens is 2. The third-order valence-electron chi connectivity index (χ3n) is 4.49. The molecule has 1 aromatic heterocycles. The fourth-order valence-corrected chi connectivity index (χ4v) is 2.95. The van der Waals surface area contributed by atoms with Crippen LogP contribution in [0.4, 0.5) is 5.82 Å². The lowest BCUT2D eigenvalue weighted by atomic mass is 10.1. The summed E-state index contributed by atoms with van der Waals surface area (Å²) in [6, 6.07) is 12.0. The molecule has 1 aliphatic heterocycles. The number of hydrogen-bond donors (Lipinski definition) is 1. The first kappa shape index (κ1) is 16.4. The molecule has 1 atom stereocenters. The molecule has 0 spiro atoms. The van der Waals surface area contributed by atoms with E-state index in [-0.39, 0.29) is 11.9 Å². The second-order valence-electron chi connectivity index (χ2n) is 6.09. The molecule has 0 aliphatic carbocycles. The highest BCUT2D eigenvalue weighted by atomic mass is 16.1. The van der Waals surface area contributed by atoms with E-state index < -0.39 is 0 Å². The minimum absolute atomic E-state index is 0.216. The lowest BCUT2D eigenvalue weighted by Crippen LogP contribution is -2.53. The predicted octanol–water partition coefficient (Wildman–Crippen LogP) is 1.06. The van der Waals surface area contributed by atoms with Gasteiger partial charge in [0.1, 0.15) is 11.6 Å². The molecule has 0 bridgehead atoms. The Bertz CT molecular complexity index is 683. The molecule has 2 heterocycles. The Hall–Kier alpha value is -2.47. The van der Waals surface area contributed by atoms with Crippen LogP contribution in [0.1, 0.15) is 18.3 Å². The van der Waals surface area contributed by atoms with E-state index in [4.69, 9.17) is 10.7 Å². The van der Waals surface area contributed by atoms with E-state index in [0.717, 1.165) is 44.2 Å².